The second-order valence-electron chi connectivity index (χ2n) is 6.34. The van der Waals surface area contributed by atoms with Crippen LogP contribution in [0, 0.1) is 5.92 Å². The zero-order chi connectivity index (χ0) is 15.5. The Morgan fingerprint density at radius 1 is 1.36 bits per heavy atom. The Hall–Kier alpha value is -1.87. The van der Waals surface area contributed by atoms with Gasteiger partial charge in [-0.3, -0.25) is 4.79 Å². The van der Waals surface area contributed by atoms with E-state index in [0.29, 0.717) is 18.9 Å². The molecule has 0 radical (unpaired) electrons. The third-order valence-electron chi connectivity index (χ3n) is 4.34. The smallest absolute Gasteiger partial charge is 0.229 e. The lowest BCUT2D eigenvalue weighted by Crippen LogP contribution is -2.31. The van der Waals surface area contributed by atoms with Crippen molar-refractivity contribution < 1.29 is 9.53 Å². The number of ether oxygens (including phenoxy) is 1. The molecule has 3 rings (SSSR count). The van der Waals surface area contributed by atoms with Crippen molar-refractivity contribution in [3.8, 4) is 0 Å². The Morgan fingerprint density at radius 3 is 2.86 bits per heavy atom. The van der Waals surface area contributed by atoms with Gasteiger partial charge in [-0.1, -0.05) is 42.0 Å². The normalized spacial score (nSPS) is 24.1. The topological polar surface area (TPSA) is 29.5 Å². The second-order valence-corrected chi connectivity index (χ2v) is 6.34. The SMILES string of the molecule is C=C(C)CC1C=C2[C@@H](OCc3ccccc3)CC(=O)N2CC1. The summed E-state index contributed by atoms with van der Waals surface area (Å²) in [7, 11) is 0. The van der Waals surface area contributed by atoms with Crippen LogP contribution in [0.4, 0.5) is 0 Å². The highest BCUT2D eigenvalue weighted by Gasteiger charge is 2.38. The molecule has 1 aromatic rings. The maximum absolute atomic E-state index is 12.1. The lowest BCUT2D eigenvalue weighted by Gasteiger charge is -2.29. The maximum atomic E-state index is 12.1. The molecular weight excluding hydrogens is 274 g/mol. The highest BCUT2D eigenvalue weighted by Crippen LogP contribution is 2.34. The minimum Gasteiger partial charge on any atom is -0.367 e. The molecule has 0 saturated carbocycles. The fourth-order valence-corrected chi connectivity index (χ4v) is 3.29. The summed E-state index contributed by atoms with van der Waals surface area (Å²) < 4.78 is 6.03. The van der Waals surface area contributed by atoms with Crippen molar-refractivity contribution in [2.45, 2.75) is 38.9 Å². The lowest BCUT2D eigenvalue weighted by molar-refractivity contribution is -0.127. The van der Waals surface area contributed by atoms with Gasteiger partial charge in [-0.15, -0.1) is 6.58 Å². The van der Waals surface area contributed by atoms with Crippen LogP contribution in [0.3, 0.4) is 0 Å². The molecule has 1 saturated heterocycles. The van der Waals surface area contributed by atoms with Crippen LogP contribution in [0.15, 0.2) is 54.3 Å². The number of fused-ring (bicyclic) bond motifs is 1. The predicted molar refractivity (Wildman–Crippen MR) is 87.0 cm³/mol. The van der Waals surface area contributed by atoms with Crippen molar-refractivity contribution in [3.05, 3.63) is 59.8 Å². The van der Waals surface area contributed by atoms with Crippen LogP contribution >= 0.6 is 0 Å². The monoisotopic (exact) mass is 297 g/mol. The molecule has 22 heavy (non-hydrogen) atoms. The summed E-state index contributed by atoms with van der Waals surface area (Å²) in [5, 5.41) is 0. The van der Waals surface area contributed by atoms with E-state index in [4.69, 9.17) is 4.74 Å². The number of hydrogen-bond acceptors (Lipinski definition) is 2. The molecule has 0 aliphatic carbocycles. The largest absolute Gasteiger partial charge is 0.367 e. The minimum atomic E-state index is -0.0966. The molecule has 3 nitrogen and oxygen atoms in total. The fraction of sp³-hybridized carbons (Fsp3) is 0.421. The Kier molecular flexibility index (Phi) is 4.44. The van der Waals surface area contributed by atoms with Crippen LogP contribution in [-0.2, 0) is 16.1 Å². The van der Waals surface area contributed by atoms with Crippen molar-refractivity contribution >= 4 is 5.91 Å². The summed E-state index contributed by atoms with van der Waals surface area (Å²) in [4.78, 5) is 14.1. The summed E-state index contributed by atoms with van der Waals surface area (Å²) in [6.07, 6.45) is 4.63. The molecule has 1 fully saturated rings. The first-order valence-corrected chi connectivity index (χ1v) is 7.95. The number of amides is 1. The van der Waals surface area contributed by atoms with Gasteiger partial charge in [0.15, 0.2) is 0 Å². The molecule has 2 atom stereocenters. The number of carbonyl (C=O) groups excluding carboxylic acids is 1. The number of hydrogen-bond donors (Lipinski definition) is 0. The summed E-state index contributed by atoms with van der Waals surface area (Å²) >= 11 is 0. The quantitative estimate of drug-likeness (QED) is 0.776. The number of carbonyl (C=O) groups is 1. The molecule has 0 bridgehead atoms. The van der Waals surface area contributed by atoms with E-state index in [1.807, 2.05) is 35.2 Å². The standard InChI is InChI=1S/C19H23NO2/c1-14(2)10-16-8-9-20-17(11-16)18(12-19(20)21)22-13-15-6-4-3-5-7-15/h3-7,11,16,18H,1,8-10,12-13H2,2H3/t16?,18-/m0/s1. The lowest BCUT2D eigenvalue weighted by atomic mass is 9.93. The molecule has 0 N–H and O–H groups in total. The van der Waals surface area contributed by atoms with Gasteiger partial charge in [-0.25, -0.2) is 0 Å². The van der Waals surface area contributed by atoms with Crippen molar-refractivity contribution in [2.24, 2.45) is 5.92 Å². The van der Waals surface area contributed by atoms with E-state index in [1.54, 1.807) is 0 Å². The Labute approximate surface area is 132 Å². The summed E-state index contributed by atoms with van der Waals surface area (Å²) in [5.74, 6) is 0.676. The highest BCUT2D eigenvalue weighted by molar-refractivity contribution is 5.82. The van der Waals surface area contributed by atoms with Crippen molar-refractivity contribution in [1.82, 2.24) is 4.90 Å². The van der Waals surface area contributed by atoms with E-state index in [-0.39, 0.29) is 12.0 Å². The first-order valence-electron chi connectivity index (χ1n) is 7.95. The third-order valence-corrected chi connectivity index (χ3v) is 4.34. The van der Waals surface area contributed by atoms with Gasteiger partial charge in [-0.05, 0) is 31.2 Å². The summed E-state index contributed by atoms with van der Waals surface area (Å²) in [6.45, 7) is 7.43. The van der Waals surface area contributed by atoms with Crippen LogP contribution < -0.4 is 0 Å². The van der Waals surface area contributed by atoms with E-state index in [2.05, 4.69) is 19.6 Å². The number of nitrogens with zero attached hydrogens (tertiary/aromatic N) is 1. The molecular formula is C19H23NO2. The van der Waals surface area contributed by atoms with E-state index < -0.39 is 0 Å². The second kappa shape index (κ2) is 6.49. The van der Waals surface area contributed by atoms with Crippen LogP contribution in [0.1, 0.15) is 31.7 Å². The van der Waals surface area contributed by atoms with E-state index in [0.717, 1.165) is 30.6 Å². The number of allylic oxidation sites excluding steroid dienone is 2. The number of rotatable bonds is 5. The molecule has 2 aliphatic heterocycles. The van der Waals surface area contributed by atoms with Crippen molar-refractivity contribution in [1.29, 1.82) is 0 Å². The first kappa shape index (κ1) is 15.0. The molecule has 0 aromatic heterocycles. The molecule has 1 amide bonds. The average molecular weight is 297 g/mol. The van der Waals surface area contributed by atoms with Gasteiger partial charge in [-0.2, -0.15) is 0 Å². The van der Waals surface area contributed by atoms with E-state index in [9.17, 15) is 4.79 Å². The highest BCUT2D eigenvalue weighted by atomic mass is 16.5. The molecule has 2 aliphatic rings. The summed E-state index contributed by atoms with van der Waals surface area (Å²) in [6, 6.07) is 10.1. The van der Waals surface area contributed by atoms with E-state index in [1.165, 1.54) is 5.57 Å². The predicted octanol–water partition coefficient (Wildman–Crippen LogP) is 3.67. The van der Waals surface area contributed by atoms with E-state index >= 15 is 0 Å². The summed E-state index contributed by atoms with van der Waals surface area (Å²) in [5.41, 5.74) is 3.41. The third kappa shape index (κ3) is 3.30. The Morgan fingerprint density at radius 2 is 2.14 bits per heavy atom. The van der Waals surface area contributed by atoms with Gasteiger partial charge in [0.05, 0.1) is 13.0 Å². The van der Waals surface area contributed by atoms with Crippen LogP contribution in [-0.4, -0.2) is 23.5 Å². The van der Waals surface area contributed by atoms with Gasteiger partial charge in [0, 0.05) is 12.2 Å². The molecule has 1 unspecified atom stereocenters. The van der Waals surface area contributed by atoms with Gasteiger partial charge in [0.2, 0.25) is 5.91 Å². The maximum Gasteiger partial charge on any atom is 0.229 e. The van der Waals surface area contributed by atoms with Gasteiger partial charge in [0.25, 0.3) is 0 Å². The Bertz CT molecular complexity index is 591. The first-order chi connectivity index (χ1) is 10.6. The van der Waals surface area contributed by atoms with Crippen LogP contribution in [0.2, 0.25) is 0 Å². The van der Waals surface area contributed by atoms with Crippen LogP contribution in [0.25, 0.3) is 0 Å². The Balaban J connectivity index is 1.70. The van der Waals surface area contributed by atoms with Crippen molar-refractivity contribution in [3.63, 3.8) is 0 Å². The van der Waals surface area contributed by atoms with Gasteiger partial charge in [0.1, 0.15) is 6.10 Å². The molecule has 2 heterocycles. The van der Waals surface area contributed by atoms with Gasteiger partial charge >= 0.3 is 0 Å². The van der Waals surface area contributed by atoms with Crippen LogP contribution in [0.5, 0.6) is 0 Å². The fourth-order valence-electron chi connectivity index (χ4n) is 3.29. The molecule has 3 heteroatoms. The zero-order valence-electron chi connectivity index (χ0n) is 13.1. The molecule has 116 valence electrons. The van der Waals surface area contributed by atoms with Crippen molar-refractivity contribution in [2.75, 3.05) is 6.54 Å². The molecule has 1 aromatic carbocycles. The minimum absolute atomic E-state index is 0.0966. The van der Waals surface area contributed by atoms with Gasteiger partial charge < -0.3 is 9.64 Å². The zero-order valence-corrected chi connectivity index (χ0v) is 13.1. The average Bonchev–Trinajstić information content (AvgIpc) is 2.82. The number of benzene rings is 1. The molecule has 0 spiro atoms.